The van der Waals surface area contributed by atoms with Crippen LogP contribution >= 0.6 is 11.8 Å². The van der Waals surface area contributed by atoms with E-state index in [1.807, 2.05) is 24.3 Å². The topological polar surface area (TPSA) is 63.8 Å². The molecule has 5 rings (SSSR count). The summed E-state index contributed by atoms with van der Waals surface area (Å²) in [6.07, 6.45) is 1.06. The number of aromatic amines is 1. The van der Waals surface area contributed by atoms with Crippen molar-refractivity contribution in [2.45, 2.75) is 30.8 Å². The van der Waals surface area contributed by atoms with Crippen LogP contribution in [0, 0.1) is 0 Å². The molecule has 3 aromatic heterocycles. The highest BCUT2D eigenvalue weighted by molar-refractivity contribution is 7.98. The molecule has 5 aromatic rings. The van der Waals surface area contributed by atoms with Crippen molar-refractivity contribution in [1.82, 2.24) is 29.1 Å². The summed E-state index contributed by atoms with van der Waals surface area (Å²) in [6, 6.07) is 16.5. The molecular weight excluding hydrogens is 344 g/mol. The molecule has 0 fully saturated rings. The molecule has 130 valence electrons. The molecule has 0 spiro atoms. The third-order valence-corrected chi connectivity index (χ3v) is 5.43. The minimum atomic E-state index is 0.725. The Bertz CT molecular complexity index is 1180. The summed E-state index contributed by atoms with van der Waals surface area (Å²) in [7, 11) is 0. The molecule has 2 aromatic carbocycles. The Morgan fingerprint density at radius 2 is 1.81 bits per heavy atom. The van der Waals surface area contributed by atoms with E-state index in [2.05, 4.69) is 60.3 Å². The van der Waals surface area contributed by atoms with E-state index < -0.39 is 0 Å². The summed E-state index contributed by atoms with van der Waals surface area (Å²) >= 11 is 1.65. The highest BCUT2D eigenvalue weighted by atomic mass is 32.2. The van der Waals surface area contributed by atoms with Crippen molar-refractivity contribution in [2.24, 2.45) is 0 Å². The van der Waals surface area contributed by atoms with E-state index in [9.17, 15) is 0 Å². The largest absolute Gasteiger partial charge is 0.341 e. The number of aryl methyl sites for hydroxylation is 1. The van der Waals surface area contributed by atoms with Crippen molar-refractivity contribution < 1.29 is 0 Å². The lowest BCUT2D eigenvalue weighted by atomic mass is 10.3. The molecule has 0 amide bonds. The molecule has 0 saturated heterocycles. The predicted octanol–water partition coefficient (Wildman–Crippen LogP) is 4.26. The first-order chi connectivity index (χ1) is 12.8. The van der Waals surface area contributed by atoms with Crippen LogP contribution in [0.2, 0.25) is 0 Å². The number of hydrogen-bond donors (Lipinski definition) is 1. The number of benzene rings is 2. The number of aromatic nitrogens is 6. The van der Waals surface area contributed by atoms with Crippen LogP contribution in [0.1, 0.15) is 19.2 Å². The minimum Gasteiger partial charge on any atom is -0.341 e. The zero-order valence-electron chi connectivity index (χ0n) is 14.4. The molecule has 0 atom stereocenters. The fourth-order valence-electron chi connectivity index (χ4n) is 3.38. The quantitative estimate of drug-likeness (QED) is 0.475. The lowest BCUT2D eigenvalue weighted by Crippen LogP contribution is -1.97. The number of thioether (sulfide) groups is 1. The molecule has 3 heterocycles. The number of fused-ring (bicyclic) bond motifs is 4. The molecule has 0 bridgehead atoms. The van der Waals surface area contributed by atoms with Gasteiger partial charge in [0.05, 0.1) is 27.8 Å². The number of nitrogens with one attached hydrogen (secondary N) is 1. The van der Waals surface area contributed by atoms with Crippen molar-refractivity contribution in [3.63, 3.8) is 0 Å². The molecule has 7 heteroatoms. The van der Waals surface area contributed by atoms with Gasteiger partial charge in [-0.05, 0) is 30.7 Å². The van der Waals surface area contributed by atoms with Crippen LogP contribution in [-0.2, 0) is 12.3 Å². The van der Waals surface area contributed by atoms with Crippen LogP contribution in [-0.4, -0.2) is 29.1 Å². The van der Waals surface area contributed by atoms with E-state index >= 15 is 0 Å². The van der Waals surface area contributed by atoms with Crippen molar-refractivity contribution in [2.75, 3.05) is 0 Å². The van der Waals surface area contributed by atoms with Gasteiger partial charge >= 0.3 is 0 Å². The molecule has 26 heavy (non-hydrogen) atoms. The second-order valence-electron chi connectivity index (χ2n) is 6.25. The molecule has 6 nitrogen and oxygen atoms in total. The van der Waals surface area contributed by atoms with Gasteiger partial charge in [-0.1, -0.05) is 43.0 Å². The van der Waals surface area contributed by atoms with Crippen molar-refractivity contribution in [3.8, 4) is 0 Å². The second-order valence-corrected chi connectivity index (χ2v) is 7.19. The second kappa shape index (κ2) is 6.17. The summed E-state index contributed by atoms with van der Waals surface area (Å²) in [5, 5.41) is 9.78. The van der Waals surface area contributed by atoms with Gasteiger partial charge in [0.15, 0.2) is 5.16 Å². The van der Waals surface area contributed by atoms with Gasteiger partial charge in [0.25, 0.3) is 0 Å². The van der Waals surface area contributed by atoms with Gasteiger partial charge in [-0.3, -0.25) is 4.40 Å². The monoisotopic (exact) mass is 362 g/mol. The number of para-hydroxylation sites is 4. The maximum atomic E-state index is 4.65. The standard InChI is InChI=1S/C19H18N6S/c1-2-11-24-15-9-5-6-10-16(15)25-18(24)22-23-19(25)26-12-17-20-13-7-3-4-8-14(13)21-17/h3-10H,2,11-12H2,1H3,(H,20,21). The molecule has 0 aliphatic carbocycles. The predicted molar refractivity (Wildman–Crippen MR) is 104 cm³/mol. The Labute approximate surface area is 154 Å². The van der Waals surface area contributed by atoms with Gasteiger partial charge in [0.2, 0.25) is 5.78 Å². The van der Waals surface area contributed by atoms with E-state index in [1.165, 1.54) is 5.52 Å². The Hall–Kier alpha value is -2.80. The Morgan fingerprint density at radius 1 is 1.00 bits per heavy atom. The van der Waals surface area contributed by atoms with Gasteiger partial charge in [-0.15, -0.1) is 10.2 Å². The maximum Gasteiger partial charge on any atom is 0.237 e. The number of nitrogens with zero attached hydrogens (tertiary/aromatic N) is 5. The zero-order chi connectivity index (χ0) is 17.5. The van der Waals surface area contributed by atoms with Gasteiger partial charge in [0, 0.05) is 6.54 Å². The maximum absolute atomic E-state index is 4.65. The summed E-state index contributed by atoms with van der Waals surface area (Å²) in [6.45, 7) is 3.11. The van der Waals surface area contributed by atoms with Crippen molar-refractivity contribution in [3.05, 3.63) is 54.4 Å². The Kier molecular flexibility index (Phi) is 3.67. The minimum absolute atomic E-state index is 0.725. The smallest absolute Gasteiger partial charge is 0.237 e. The average molecular weight is 362 g/mol. The van der Waals surface area contributed by atoms with Gasteiger partial charge in [-0.25, -0.2) is 4.98 Å². The van der Waals surface area contributed by atoms with Crippen molar-refractivity contribution in [1.29, 1.82) is 0 Å². The number of H-pyrrole nitrogens is 1. The average Bonchev–Trinajstić information content (AvgIpc) is 3.34. The fourth-order valence-corrected chi connectivity index (χ4v) is 4.19. The summed E-state index contributed by atoms with van der Waals surface area (Å²) in [5.41, 5.74) is 4.40. The summed E-state index contributed by atoms with van der Waals surface area (Å²) in [5.74, 6) is 2.58. The van der Waals surface area contributed by atoms with E-state index in [0.717, 1.165) is 52.0 Å². The Balaban J connectivity index is 1.53. The van der Waals surface area contributed by atoms with Crippen LogP contribution in [0.25, 0.3) is 27.8 Å². The molecule has 0 aliphatic rings. The lowest BCUT2D eigenvalue weighted by Gasteiger charge is -2.00. The van der Waals surface area contributed by atoms with E-state index in [-0.39, 0.29) is 0 Å². The number of hydrogen-bond acceptors (Lipinski definition) is 4. The normalized spacial score (nSPS) is 11.9. The van der Waals surface area contributed by atoms with E-state index in [1.54, 1.807) is 11.8 Å². The Morgan fingerprint density at radius 3 is 2.65 bits per heavy atom. The highest BCUT2D eigenvalue weighted by Gasteiger charge is 2.16. The first-order valence-corrected chi connectivity index (χ1v) is 9.72. The van der Waals surface area contributed by atoms with Crippen molar-refractivity contribution >= 4 is 39.6 Å². The SMILES string of the molecule is CCCn1c2ccccc2n2c(SCc3nc4ccccc4[nH]3)nnc12. The van der Waals surface area contributed by atoms with Crippen LogP contribution < -0.4 is 0 Å². The fraction of sp³-hybridized carbons (Fsp3) is 0.211. The zero-order valence-corrected chi connectivity index (χ0v) is 15.2. The van der Waals surface area contributed by atoms with E-state index in [4.69, 9.17) is 0 Å². The van der Waals surface area contributed by atoms with E-state index in [0.29, 0.717) is 0 Å². The molecule has 0 saturated carbocycles. The lowest BCUT2D eigenvalue weighted by molar-refractivity contribution is 0.710. The van der Waals surface area contributed by atoms with Gasteiger partial charge in [0.1, 0.15) is 5.82 Å². The third-order valence-electron chi connectivity index (χ3n) is 4.49. The van der Waals surface area contributed by atoms with Crippen LogP contribution in [0.3, 0.4) is 0 Å². The van der Waals surface area contributed by atoms with Gasteiger partial charge < -0.3 is 9.55 Å². The van der Waals surface area contributed by atoms with Gasteiger partial charge in [-0.2, -0.15) is 0 Å². The first-order valence-electron chi connectivity index (χ1n) is 8.74. The molecule has 0 unspecified atom stereocenters. The summed E-state index contributed by atoms with van der Waals surface area (Å²) in [4.78, 5) is 8.02. The highest BCUT2D eigenvalue weighted by Crippen LogP contribution is 2.27. The van der Waals surface area contributed by atoms with Crippen LogP contribution in [0.4, 0.5) is 0 Å². The number of rotatable bonds is 5. The van der Waals surface area contributed by atoms with Crippen LogP contribution in [0.15, 0.2) is 53.7 Å². The van der Waals surface area contributed by atoms with Crippen LogP contribution in [0.5, 0.6) is 0 Å². The third kappa shape index (κ3) is 2.39. The molecule has 0 radical (unpaired) electrons. The molecular formula is C19H18N6S. The molecule has 1 N–H and O–H groups in total. The first kappa shape index (κ1) is 15.5. The summed E-state index contributed by atoms with van der Waals surface area (Å²) < 4.78 is 4.39. The molecule has 0 aliphatic heterocycles. The number of imidazole rings is 2.